The van der Waals surface area contributed by atoms with Crippen LogP contribution in [-0.2, 0) is 4.57 Å². The summed E-state index contributed by atoms with van der Waals surface area (Å²) in [4.78, 5) is 0. The Balaban J connectivity index is 2.30. The molecular weight excluding hydrogens is 181 g/mol. The topological polar surface area (TPSA) is 81.1 Å². The molecule has 0 amide bonds. The SMILES string of the molecule is NP(N)(=O)SC1CCCCN1. The van der Waals surface area contributed by atoms with Crippen LogP contribution in [0.15, 0.2) is 0 Å². The smallest absolute Gasteiger partial charge is 0.262 e. The van der Waals surface area contributed by atoms with E-state index in [1.54, 1.807) is 0 Å². The highest BCUT2D eigenvalue weighted by Crippen LogP contribution is 2.46. The van der Waals surface area contributed by atoms with Crippen LogP contribution >= 0.6 is 18.0 Å². The van der Waals surface area contributed by atoms with Crippen LogP contribution in [-0.4, -0.2) is 11.9 Å². The molecule has 1 aliphatic rings. The molecule has 0 saturated carbocycles. The monoisotopic (exact) mass is 195 g/mol. The lowest BCUT2D eigenvalue weighted by Crippen LogP contribution is -2.31. The molecule has 4 nitrogen and oxygen atoms in total. The van der Waals surface area contributed by atoms with Crippen molar-refractivity contribution < 1.29 is 4.57 Å². The van der Waals surface area contributed by atoms with Gasteiger partial charge in [0.1, 0.15) is 0 Å². The Morgan fingerprint density at radius 3 is 2.64 bits per heavy atom. The fourth-order valence-corrected chi connectivity index (χ4v) is 3.70. The number of hydrogen-bond donors (Lipinski definition) is 3. The Kier molecular flexibility index (Phi) is 3.40. The van der Waals surface area contributed by atoms with Crippen LogP contribution in [0.5, 0.6) is 0 Å². The zero-order valence-electron chi connectivity index (χ0n) is 6.32. The number of hydrogen-bond acceptors (Lipinski definition) is 3. The summed E-state index contributed by atoms with van der Waals surface area (Å²) in [6.07, 6.45) is 3.38. The molecule has 0 aromatic rings. The molecular formula is C5H14N3OPS. The lowest BCUT2D eigenvalue weighted by Gasteiger charge is -2.23. The quantitative estimate of drug-likeness (QED) is 0.569. The molecule has 0 aromatic heterocycles. The van der Waals surface area contributed by atoms with Gasteiger partial charge in [-0.3, -0.25) is 15.6 Å². The van der Waals surface area contributed by atoms with Crippen LogP contribution in [0.1, 0.15) is 19.3 Å². The lowest BCUT2D eigenvalue weighted by atomic mass is 10.2. The van der Waals surface area contributed by atoms with Gasteiger partial charge in [0.2, 0.25) is 0 Å². The van der Waals surface area contributed by atoms with Gasteiger partial charge in [0.05, 0.1) is 5.37 Å². The molecule has 0 aliphatic carbocycles. The molecule has 1 aliphatic heterocycles. The van der Waals surface area contributed by atoms with E-state index in [0.29, 0.717) is 0 Å². The van der Waals surface area contributed by atoms with E-state index in [4.69, 9.17) is 11.0 Å². The number of rotatable bonds is 2. The minimum absolute atomic E-state index is 0.199. The summed E-state index contributed by atoms with van der Waals surface area (Å²) in [5, 5.41) is 3.41. The van der Waals surface area contributed by atoms with Gasteiger partial charge in [-0.1, -0.05) is 0 Å². The van der Waals surface area contributed by atoms with Crippen LogP contribution in [0.2, 0.25) is 0 Å². The molecule has 1 heterocycles. The van der Waals surface area contributed by atoms with Gasteiger partial charge < -0.3 is 5.32 Å². The first-order chi connectivity index (χ1) is 5.08. The maximum Gasteiger partial charge on any atom is 0.262 e. The second kappa shape index (κ2) is 3.92. The Labute approximate surface area is 70.7 Å². The van der Waals surface area contributed by atoms with Crippen molar-refractivity contribution >= 4 is 18.0 Å². The van der Waals surface area contributed by atoms with E-state index in [9.17, 15) is 4.57 Å². The minimum atomic E-state index is -2.88. The van der Waals surface area contributed by atoms with Crippen molar-refractivity contribution in [2.24, 2.45) is 11.0 Å². The van der Waals surface area contributed by atoms with E-state index in [2.05, 4.69) is 5.32 Å². The van der Waals surface area contributed by atoms with Gasteiger partial charge >= 0.3 is 0 Å². The van der Waals surface area contributed by atoms with Gasteiger partial charge in [-0.15, -0.1) is 0 Å². The van der Waals surface area contributed by atoms with Crippen molar-refractivity contribution in [3.05, 3.63) is 0 Å². The fourth-order valence-electron chi connectivity index (χ4n) is 1.11. The number of piperidine rings is 1. The van der Waals surface area contributed by atoms with Crippen molar-refractivity contribution in [2.75, 3.05) is 6.54 Å². The third-order valence-electron chi connectivity index (χ3n) is 1.56. The van der Waals surface area contributed by atoms with Crippen molar-refractivity contribution in [2.45, 2.75) is 24.6 Å². The molecule has 6 heteroatoms. The molecule has 0 radical (unpaired) electrons. The summed E-state index contributed by atoms with van der Waals surface area (Å²) < 4.78 is 11.0. The van der Waals surface area contributed by atoms with Crippen molar-refractivity contribution in [3.63, 3.8) is 0 Å². The van der Waals surface area contributed by atoms with Gasteiger partial charge in [0.15, 0.2) is 0 Å². The highest BCUT2D eigenvalue weighted by molar-refractivity contribution is 8.57. The van der Waals surface area contributed by atoms with Crippen LogP contribution in [0.3, 0.4) is 0 Å². The first kappa shape index (κ1) is 9.55. The second-order valence-corrected chi connectivity index (χ2v) is 7.10. The van der Waals surface area contributed by atoms with Gasteiger partial charge in [-0.25, -0.2) is 0 Å². The van der Waals surface area contributed by atoms with Gasteiger partial charge in [0, 0.05) is 0 Å². The largest absolute Gasteiger partial charge is 0.305 e. The van der Waals surface area contributed by atoms with Crippen LogP contribution in [0.25, 0.3) is 0 Å². The third-order valence-corrected chi connectivity index (χ3v) is 4.30. The zero-order chi connectivity index (χ0) is 8.32. The standard InChI is InChI=1S/C5H14N3OPS/c6-10(7,9)11-5-3-1-2-4-8-5/h5,8H,1-4H2,(H4,6,7,9). The Morgan fingerprint density at radius 1 is 1.45 bits per heavy atom. The average molecular weight is 195 g/mol. The van der Waals surface area contributed by atoms with Crippen molar-refractivity contribution in [3.8, 4) is 0 Å². The minimum Gasteiger partial charge on any atom is -0.305 e. The van der Waals surface area contributed by atoms with E-state index < -0.39 is 6.65 Å². The predicted octanol–water partition coefficient (Wildman–Crippen LogP) is 0.845. The van der Waals surface area contributed by atoms with Crippen LogP contribution in [0.4, 0.5) is 0 Å². The average Bonchev–Trinajstić information content (AvgIpc) is 1.85. The maximum absolute atomic E-state index is 11.0. The molecule has 66 valence electrons. The predicted molar refractivity (Wildman–Crippen MR) is 49.2 cm³/mol. The third kappa shape index (κ3) is 4.13. The summed E-state index contributed by atoms with van der Waals surface area (Å²) in [5.74, 6) is 0. The summed E-state index contributed by atoms with van der Waals surface area (Å²) in [6.45, 7) is -1.90. The number of nitrogens with two attached hydrogens (primary N) is 2. The molecule has 5 N–H and O–H groups in total. The van der Waals surface area contributed by atoms with Crippen molar-refractivity contribution in [1.82, 2.24) is 5.32 Å². The summed E-state index contributed by atoms with van der Waals surface area (Å²) in [5.41, 5.74) is 10.4. The molecule has 0 aromatic carbocycles. The van der Waals surface area contributed by atoms with Crippen molar-refractivity contribution in [1.29, 1.82) is 0 Å². The first-order valence-corrected chi connectivity index (χ1v) is 7.00. The molecule has 11 heavy (non-hydrogen) atoms. The zero-order valence-corrected chi connectivity index (χ0v) is 8.04. The molecule has 1 unspecified atom stereocenters. The maximum atomic E-state index is 11.0. The van der Waals surface area contributed by atoms with Gasteiger partial charge in [0.25, 0.3) is 6.65 Å². The molecule has 0 bridgehead atoms. The Bertz CT molecular complexity index is 165. The molecule has 1 rings (SSSR count). The van der Waals surface area contributed by atoms with Crippen LogP contribution < -0.4 is 16.3 Å². The molecule has 1 fully saturated rings. The normalized spacial score (nSPS) is 26.9. The second-order valence-electron chi connectivity index (χ2n) is 2.69. The summed E-state index contributed by atoms with van der Waals surface area (Å²) in [7, 11) is 0. The Hall–Kier alpha value is 0.460. The first-order valence-electron chi connectivity index (χ1n) is 3.67. The van der Waals surface area contributed by atoms with E-state index >= 15 is 0 Å². The molecule has 1 saturated heterocycles. The number of nitrogens with one attached hydrogen (secondary N) is 1. The van der Waals surface area contributed by atoms with E-state index in [1.165, 1.54) is 24.2 Å². The van der Waals surface area contributed by atoms with E-state index in [1.807, 2.05) is 0 Å². The highest BCUT2D eigenvalue weighted by Gasteiger charge is 2.20. The van der Waals surface area contributed by atoms with E-state index in [-0.39, 0.29) is 5.37 Å². The lowest BCUT2D eigenvalue weighted by molar-refractivity contribution is 0.492. The van der Waals surface area contributed by atoms with Gasteiger partial charge in [-0.2, -0.15) is 0 Å². The summed E-state index contributed by atoms with van der Waals surface area (Å²) >= 11 is 1.18. The fraction of sp³-hybridized carbons (Fsp3) is 1.00. The van der Waals surface area contributed by atoms with Crippen LogP contribution in [0, 0.1) is 0 Å². The van der Waals surface area contributed by atoms with Gasteiger partial charge in [-0.05, 0) is 37.2 Å². The molecule has 0 spiro atoms. The summed E-state index contributed by atoms with van der Waals surface area (Å²) in [6, 6.07) is 0. The van der Waals surface area contributed by atoms with E-state index in [0.717, 1.165) is 13.0 Å². The molecule has 1 atom stereocenters. The Morgan fingerprint density at radius 2 is 2.18 bits per heavy atom. The highest BCUT2D eigenvalue weighted by atomic mass is 32.7.